The lowest BCUT2D eigenvalue weighted by Crippen LogP contribution is -2.41. The van der Waals surface area contributed by atoms with Crippen molar-refractivity contribution in [1.29, 1.82) is 10.8 Å². The zero-order valence-corrected chi connectivity index (χ0v) is 19.0. The standard InChI is InChI=1S/C23H23ClFN5S/c1-13-14(2)31-22(20(13)21(27)17-6-8-18(24)9-7-17)30(15(3)26)23(28)29-12-16-4-10-19(25)11-5-16/h4-11,26-27H,12H2,1-3H3,(H2,28,29). The Labute approximate surface area is 190 Å². The van der Waals surface area contributed by atoms with Crippen molar-refractivity contribution in [1.82, 2.24) is 0 Å². The van der Waals surface area contributed by atoms with Gasteiger partial charge in [0.25, 0.3) is 0 Å². The van der Waals surface area contributed by atoms with Crippen LogP contribution in [0, 0.1) is 30.5 Å². The lowest BCUT2D eigenvalue weighted by molar-refractivity contribution is 0.627. The number of nitrogens with zero attached hydrogens (tertiary/aromatic N) is 2. The van der Waals surface area contributed by atoms with Crippen molar-refractivity contribution in [2.75, 3.05) is 4.90 Å². The van der Waals surface area contributed by atoms with E-state index in [-0.39, 0.29) is 24.2 Å². The maximum atomic E-state index is 13.1. The van der Waals surface area contributed by atoms with Gasteiger partial charge in [-0.05, 0) is 56.2 Å². The second-order valence-corrected chi connectivity index (χ2v) is 8.71. The van der Waals surface area contributed by atoms with E-state index in [0.717, 1.165) is 21.6 Å². The van der Waals surface area contributed by atoms with Gasteiger partial charge in [-0.2, -0.15) is 0 Å². The summed E-state index contributed by atoms with van der Waals surface area (Å²) >= 11 is 7.46. The predicted molar refractivity (Wildman–Crippen MR) is 129 cm³/mol. The Hall–Kier alpha value is -3.03. The van der Waals surface area contributed by atoms with Gasteiger partial charge >= 0.3 is 0 Å². The average molecular weight is 456 g/mol. The maximum absolute atomic E-state index is 13.1. The van der Waals surface area contributed by atoms with E-state index in [4.69, 9.17) is 28.2 Å². The first-order valence-corrected chi connectivity index (χ1v) is 10.7. The van der Waals surface area contributed by atoms with Crippen molar-refractivity contribution in [3.63, 3.8) is 0 Å². The normalized spacial score (nSPS) is 11.5. The third-order valence-corrected chi connectivity index (χ3v) is 6.30. The van der Waals surface area contributed by atoms with Crippen molar-refractivity contribution in [3.8, 4) is 0 Å². The monoisotopic (exact) mass is 455 g/mol. The molecule has 0 bridgehead atoms. The van der Waals surface area contributed by atoms with Crippen LogP contribution in [0.2, 0.25) is 5.02 Å². The van der Waals surface area contributed by atoms with E-state index in [2.05, 4.69) is 4.99 Å². The Bertz CT molecular complexity index is 1150. The lowest BCUT2D eigenvalue weighted by Gasteiger charge is -2.23. The van der Waals surface area contributed by atoms with Gasteiger partial charge in [0.1, 0.15) is 16.7 Å². The molecular formula is C23H23ClFN5S. The fourth-order valence-electron chi connectivity index (χ4n) is 3.08. The predicted octanol–water partition coefficient (Wildman–Crippen LogP) is 5.89. The first-order valence-electron chi connectivity index (χ1n) is 9.53. The zero-order valence-electron chi connectivity index (χ0n) is 17.5. The fraction of sp³-hybridized carbons (Fsp3) is 0.174. The molecule has 0 aliphatic rings. The number of hydrogen-bond acceptors (Lipinski definition) is 4. The van der Waals surface area contributed by atoms with E-state index >= 15 is 0 Å². The summed E-state index contributed by atoms with van der Waals surface area (Å²) in [6, 6.07) is 13.1. The molecule has 0 saturated carbocycles. The van der Waals surface area contributed by atoms with E-state index in [0.29, 0.717) is 21.3 Å². The van der Waals surface area contributed by atoms with Crippen LogP contribution in [-0.2, 0) is 6.54 Å². The number of amidine groups is 1. The number of nitrogens with one attached hydrogen (secondary N) is 2. The van der Waals surface area contributed by atoms with E-state index in [1.807, 2.05) is 13.8 Å². The minimum absolute atomic E-state index is 0.142. The summed E-state index contributed by atoms with van der Waals surface area (Å²) in [7, 11) is 0. The molecule has 5 nitrogen and oxygen atoms in total. The van der Waals surface area contributed by atoms with Crippen LogP contribution in [0.25, 0.3) is 0 Å². The molecule has 3 aromatic rings. The molecule has 0 radical (unpaired) electrons. The molecule has 0 atom stereocenters. The molecule has 0 fully saturated rings. The van der Waals surface area contributed by atoms with Crippen molar-refractivity contribution < 1.29 is 4.39 Å². The molecule has 0 spiro atoms. The van der Waals surface area contributed by atoms with Crippen molar-refractivity contribution in [2.24, 2.45) is 10.7 Å². The molecule has 0 aliphatic carbocycles. The van der Waals surface area contributed by atoms with Gasteiger partial charge in [-0.15, -0.1) is 11.3 Å². The Morgan fingerprint density at radius 3 is 2.29 bits per heavy atom. The molecule has 8 heteroatoms. The third kappa shape index (κ3) is 5.00. The number of aliphatic imine (C=N–C) groups is 1. The first kappa shape index (κ1) is 22.7. The number of aryl methyl sites for hydroxylation is 1. The third-order valence-electron chi connectivity index (χ3n) is 4.85. The van der Waals surface area contributed by atoms with Gasteiger partial charge in [0.05, 0.1) is 12.3 Å². The smallest absolute Gasteiger partial charge is 0.202 e. The van der Waals surface area contributed by atoms with Crippen LogP contribution in [0.3, 0.4) is 0 Å². The molecule has 3 rings (SSSR count). The number of guanidine groups is 1. The largest absolute Gasteiger partial charge is 0.369 e. The van der Waals surface area contributed by atoms with E-state index in [1.165, 1.54) is 23.5 Å². The number of halogens is 2. The quantitative estimate of drug-likeness (QED) is 0.330. The number of rotatable bonds is 5. The summed E-state index contributed by atoms with van der Waals surface area (Å²) in [4.78, 5) is 7.00. The summed E-state index contributed by atoms with van der Waals surface area (Å²) < 4.78 is 13.1. The summed E-state index contributed by atoms with van der Waals surface area (Å²) in [6.45, 7) is 5.81. The van der Waals surface area contributed by atoms with Crippen LogP contribution in [0.5, 0.6) is 0 Å². The molecule has 160 valence electrons. The second kappa shape index (κ2) is 9.41. The molecule has 31 heavy (non-hydrogen) atoms. The minimum Gasteiger partial charge on any atom is -0.369 e. The zero-order chi connectivity index (χ0) is 22.7. The molecular weight excluding hydrogens is 433 g/mol. The van der Waals surface area contributed by atoms with Gasteiger partial charge in [0.2, 0.25) is 5.96 Å². The van der Waals surface area contributed by atoms with Crippen molar-refractivity contribution >= 4 is 45.4 Å². The molecule has 0 amide bonds. The SMILES string of the molecule is CC(=N)N(C(N)=NCc1ccc(F)cc1)c1sc(C)c(C)c1C(=N)c1ccc(Cl)cc1. The maximum Gasteiger partial charge on any atom is 0.202 e. The Morgan fingerprint density at radius 1 is 1.10 bits per heavy atom. The van der Waals surface area contributed by atoms with E-state index < -0.39 is 0 Å². The highest BCUT2D eigenvalue weighted by Crippen LogP contribution is 2.37. The summed E-state index contributed by atoms with van der Waals surface area (Å²) in [5.41, 5.74) is 9.81. The summed E-state index contributed by atoms with van der Waals surface area (Å²) in [5.74, 6) is 0.0162. The molecule has 1 aromatic heterocycles. The second-order valence-electron chi connectivity index (χ2n) is 7.07. The van der Waals surface area contributed by atoms with E-state index in [9.17, 15) is 4.39 Å². The first-order chi connectivity index (χ1) is 14.7. The van der Waals surface area contributed by atoms with Gasteiger partial charge in [0, 0.05) is 21.0 Å². The number of benzene rings is 2. The van der Waals surface area contributed by atoms with Crippen molar-refractivity contribution in [2.45, 2.75) is 27.3 Å². The number of hydrogen-bond donors (Lipinski definition) is 3. The highest BCUT2D eigenvalue weighted by atomic mass is 35.5. The van der Waals surface area contributed by atoms with Gasteiger partial charge < -0.3 is 5.73 Å². The number of nitrogens with two attached hydrogens (primary N) is 1. The highest BCUT2D eigenvalue weighted by molar-refractivity contribution is 7.17. The minimum atomic E-state index is -0.312. The highest BCUT2D eigenvalue weighted by Gasteiger charge is 2.25. The molecule has 0 unspecified atom stereocenters. The molecule has 1 heterocycles. The van der Waals surface area contributed by atoms with Crippen LogP contribution in [0.1, 0.15) is 34.1 Å². The van der Waals surface area contributed by atoms with Crippen LogP contribution >= 0.6 is 22.9 Å². The Kier molecular flexibility index (Phi) is 6.87. The lowest BCUT2D eigenvalue weighted by atomic mass is 10.00. The molecule has 2 aromatic carbocycles. The summed E-state index contributed by atoms with van der Waals surface area (Å²) in [6.07, 6.45) is 0. The van der Waals surface area contributed by atoms with Gasteiger partial charge in [0.15, 0.2) is 0 Å². The van der Waals surface area contributed by atoms with Gasteiger partial charge in [-0.3, -0.25) is 15.7 Å². The number of anilines is 1. The fourth-order valence-corrected chi connectivity index (χ4v) is 4.43. The van der Waals surface area contributed by atoms with Gasteiger partial charge in [-0.1, -0.05) is 35.9 Å². The molecule has 0 aliphatic heterocycles. The molecule has 0 saturated heterocycles. The van der Waals surface area contributed by atoms with Crippen LogP contribution in [0.15, 0.2) is 53.5 Å². The van der Waals surface area contributed by atoms with Crippen molar-refractivity contribution in [3.05, 3.63) is 86.5 Å². The van der Waals surface area contributed by atoms with Crippen LogP contribution in [0.4, 0.5) is 9.39 Å². The van der Waals surface area contributed by atoms with E-state index in [1.54, 1.807) is 48.2 Å². The van der Waals surface area contributed by atoms with Crippen LogP contribution < -0.4 is 10.6 Å². The summed E-state index contributed by atoms with van der Waals surface area (Å²) in [5, 5.41) is 18.4. The Morgan fingerprint density at radius 2 is 1.71 bits per heavy atom. The van der Waals surface area contributed by atoms with Gasteiger partial charge in [-0.25, -0.2) is 9.38 Å². The number of thiophene rings is 1. The molecule has 4 N–H and O–H groups in total. The van der Waals surface area contributed by atoms with Crippen LogP contribution in [-0.4, -0.2) is 17.5 Å². The average Bonchev–Trinajstić information content (AvgIpc) is 3.01. The Balaban J connectivity index is 2.01. The topological polar surface area (TPSA) is 89.3 Å².